The van der Waals surface area contributed by atoms with E-state index in [1.54, 1.807) is 31.4 Å². The Morgan fingerprint density at radius 1 is 1.10 bits per heavy atom. The molecule has 1 saturated heterocycles. The Kier molecular flexibility index (Phi) is 6.52. The smallest absolute Gasteiger partial charge is 0.126 e. The molecule has 5 atom stereocenters. The molecule has 0 radical (unpaired) electrons. The molecule has 7 nitrogen and oxygen atoms in total. The molecule has 0 amide bonds. The van der Waals surface area contributed by atoms with Crippen LogP contribution in [0.4, 0.5) is 4.39 Å². The molecule has 0 aliphatic carbocycles. The molecule has 1 aliphatic rings. The van der Waals surface area contributed by atoms with E-state index < -0.39 is 49.0 Å². The molecule has 0 unspecified atom stereocenters. The highest BCUT2D eigenvalue weighted by molar-refractivity contribution is 5.35. The van der Waals surface area contributed by atoms with Gasteiger partial charge >= 0.3 is 0 Å². The number of rotatable bonds is 6. The topological polar surface area (TPSA) is 122 Å². The van der Waals surface area contributed by atoms with Gasteiger partial charge in [-0.15, -0.1) is 6.61 Å². The highest BCUT2D eigenvalue weighted by Crippen LogP contribution is 2.38. The number of halogens is 1. The molecular formula is C21H24FO7-. The SMILES string of the molecule is COc1ccc(Cc2cc([C@@H]3O[C@](C[O-])(CO)[C@@H](O)[C@H](O)[C@@H]3O)ccc2F)cc1. The van der Waals surface area contributed by atoms with Crippen molar-refractivity contribution < 1.29 is 39.4 Å². The molecule has 2 aromatic rings. The maximum absolute atomic E-state index is 14.4. The Morgan fingerprint density at radius 2 is 1.79 bits per heavy atom. The first kappa shape index (κ1) is 21.6. The number of aliphatic hydroxyl groups is 4. The Balaban J connectivity index is 1.91. The van der Waals surface area contributed by atoms with Gasteiger partial charge < -0.3 is 35.0 Å². The van der Waals surface area contributed by atoms with Gasteiger partial charge in [-0.25, -0.2) is 4.39 Å². The predicted molar refractivity (Wildman–Crippen MR) is 98.7 cm³/mol. The van der Waals surface area contributed by atoms with Gasteiger partial charge in [0.25, 0.3) is 0 Å². The van der Waals surface area contributed by atoms with Gasteiger partial charge in [-0.1, -0.05) is 18.2 Å². The summed E-state index contributed by atoms with van der Waals surface area (Å²) in [5, 5.41) is 51.8. The van der Waals surface area contributed by atoms with Crippen LogP contribution in [0.5, 0.6) is 5.75 Å². The summed E-state index contributed by atoms with van der Waals surface area (Å²) in [7, 11) is 1.55. The second-order valence-corrected chi connectivity index (χ2v) is 7.21. The van der Waals surface area contributed by atoms with Crippen molar-refractivity contribution in [3.63, 3.8) is 0 Å². The highest BCUT2D eigenvalue weighted by Gasteiger charge is 2.51. The van der Waals surface area contributed by atoms with Crippen LogP contribution in [0.15, 0.2) is 42.5 Å². The van der Waals surface area contributed by atoms with E-state index in [-0.39, 0.29) is 6.42 Å². The summed E-state index contributed by atoms with van der Waals surface area (Å²) < 4.78 is 25.1. The van der Waals surface area contributed by atoms with Gasteiger partial charge in [0.05, 0.1) is 13.7 Å². The van der Waals surface area contributed by atoms with Gasteiger partial charge in [-0.3, -0.25) is 0 Å². The fourth-order valence-electron chi connectivity index (χ4n) is 3.50. The zero-order valence-electron chi connectivity index (χ0n) is 15.9. The summed E-state index contributed by atoms with van der Waals surface area (Å²) in [5.41, 5.74) is -0.500. The standard InChI is InChI=1S/C21H24FO7/c1-28-15-5-2-12(3-6-15)8-14-9-13(4-7-16(14)22)19-17(25)18(26)20(27)21(10-23,11-24)29-19/h2-7,9,17-20,23,25-27H,8,10-11H2,1H3/q-1/t17-,18+,19-,20-,21-/m0/s1. The van der Waals surface area contributed by atoms with Gasteiger partial charge in [-0.2, -0.15) is 0 Å². The average Bonchev–Trinajstić information content (AvgIpc) is 2.75. The number of ether oxygens (including phenoxy) is 2. The van der Waals surface area contributed by atoms with Crippen molar-refractivity contribution in [2.24, 2.45) is 0 Å². The van der Waals surface area contributed by atoms with Crippen LogP contribution < -0.4 is 9.84 Å². The highest BCUT2D eigenvalue weighted by atomic mass is 19.1. The lowest BCUT2D eigenvalue weighted by Gasteiger charge is -2.50. The molecule has 0 saturated carbocycles. The van der Waals surface area contributed by atoms with E-state index in [0.29, 0.717) is 16.9 Å². The van der Waals surface area contributed by atoms with Gasteiger partial charge in [-0.05, 0) is 41.0 Å². The van der Waals surface area contributed by atoms with Crippen LogP contribution in [0, 0.1) is 5.82 Å². The largest absolute Gasteiger partial charge is 0.852 e. The van der Waals surface area contributed by atoms with E-state index >= 15 is 0 Å². The Morgan fingerprint density at radius 3 is 2.38 bits per heavy atom. The average molecular weight is 407 g/mol. The maximum Gasteiger partial charge on any atom is 0.126 e. The fourth-order valence-corrected chi connectivity index (χ4v) is 3.50. The first-order valence-electron chi connectivity index (χ1n) is 9.17. The molecule has 1 fully saturated rings. The quantitative estimate of drug-likeness (QED) is 0.517. The third kappa shape index (κ3) is 4.13. The summed E-state index contributed by atoms with van der Waals surface area (Å²) >= 11 is 0. The molecule has 1 heterocycles. The van der Waals surface area contributed by atoms with Crippen LogP contribution in [-0.4, -0.2) is 64.7 Å². The van der Waals surface area contributed by atoms with Crippen molar-refractivity contribution >= 4 is 0 Å². The van der Waals surface area contributed by atoms with Crippen LogP contribution >= 0.6 is 0 Å². The molecular weight excluding hydrogens is 383 g/mol. The van der Waals surface area contributed by atoms with E-state index in [1.807, 2.05) is 0 Å². The van der Waals surface area contributed by atoms with Crippen LogP contribution in [0.3, 0.4) is 0 Å². The minimum Gasteiger partial charge on any atom is -0.852 e. The van der Waals surface area contributed by atoms with Gasteiger partial charge in [0.2, 0.25) is 0 Å². The zero-order valence-corrected chi connectivity index (χ0v) is 15.9. The van der Waals surface area contributed by atoms with Crippen molar-refractivity contribution in [3.8, 4) is 5.75 Å². The molecule has 0 spiro atoms. The van der Waals surface area contributed by atoms with Crippen molar-refractivity contribution in [3.05, 3.63) is 65.0 Å². The Labute approximate surface area is 167 Å². The molecule has 1 aliphatic heterocycles. The van der Waals surface area contributed by atoms with Crippen LogP contribution in [0.1, 0.15) is 22.8 Å². The van der Waals surface area contributed by atoms with Crippen LogP contribution in [0.2, 0.25) is 0 Å². The van der Waals surface area contributed by atoms with E-state index in [9.17, 15) is 29.9 Å². The van der Waals surface area contributed by atoms with E-state index in [2.05, 4.69) is 0 Å². The van der Waals surface area contributed by atoms with Gasteiger partial charge in [0, 0.05) is 6.42 Å². The normalized spacial score (nSPS) is 29.6. The van der Waals surface area contributed by atoms with Crippen molar-refractivity contribution in [1.29, 1.82) is 0 Å². The number of aliphatic hydroxyl groups excluding tert-OH is 4. The molecule has 4 N–H and O–H groups in total. The van der Waals surface area contributed by atoms with Crippen molar-refractivity contribution in [1.82, 2.24) is 0 Å². The van der Waals surface area contributed by atoms with Gasteiger partial charge in [0.1, 0.15) is 41.6 Å². The molecule has 3 rings (SSSR count). The van der Waals surface area contributed by atoms with Crippen LogP contribution in [-0.2, 0) is 11.2 Å². The summed E-state index contributed by atoms with van der Waals surface area (Å²) in [6, 6.07) is 11.2. The van der Waals surface area contributed by atoms with E-state index in [4.69, 9.17) is 9.47 Å². The summed E-state index contributed by atoms with van der Waals surface area (Å²) in [4.78, 5) is 0. The molecule has 8 heteroatoms. The fraction of sp³-hybridized carbons (Fsp3) is 0.429. The minimum atomic E-state index is -1.96. The Bertz CT molecular complexity index is 822. The maximum atomic E-state index is 14.4. The lowest BCUT2D eigenvalue weighted by atomic mass is 9.83. The lowest BCUT2D eigenvalue weighted by Crippen LogP contribution is -2.66. The Hall–Kier alpha value is -2.07. The lowest BCUT2D eigenvalue weighted by molar-refractivity contribution is -0.431. The number of methoxy groups -OCH3 is 1. The van der Waals surface area contributed by atoms with Crippen molar-refractivity contribution in [2.45, 2.75) is 36.4 Å². The first-order valence-corrected chi connectivity index (χ1v) is 9.17. The third-order valence-electron chi connectivity index (χ3n) is 5.35. The van der Waals surface area contributed by atoms with Crippen molar-refractivity contribution in [2.75, 3.05) is 20.3 Å². The summed E-state index contributed by atoms with van der Waals surface area (Å²) in [6.45, 7) is -1.86. The second-order valence-electron chi connectivity index (χ2n) is 7.21. The number of hydrogen-bond donors (Lipinski definition) is 4. The third-order valence-corrected chi connectivity index (χ3v) is 5.35. The monoisotopic (exact) mass is 407 g/mol. The molecule has 2 aromatic carbocycles. The summed E-state index contributed by atoms with van der Waals surface area (Å²) in [6.07, 6.45) is -5.98. The molecule has 158 valence electrons. The first-order chi connectivity index (χ1) is 13.8. The molecule has 0 bridgehead atoms. The minimum absolute atomic E-state index is 0.254. The van der Waals surface area contributed by atoms with E-state index in [1.165, 1.54) is 18.2 Å². The van der Waals surface area contributed by atoms with E-state index in [0.717, 1.165) is 5.56 Å². The second kappa shape index (κ2) is 8.74. The predicted octanol–water partition coefficient (Wildman–Crippen LogP) is -0.330. The summed E-state index contributed by atoms with van der Waals surface area (Å²) in [5.74, 6) is 0.208. The zero-order chi connectivity index (χ0) is 21.2. The number of hydrogen-bond acceptors (Lipinski definition) is 7. The van der Waals surface area contributed by atoms with Gasteiger partial charge in [0.15, 0.2) is 0 Å². The molecule has 29 heavy (non-hydrogen) atoms. The van der Waals surface area contributed by atoms with Crippen LogP contribution in [0.25, 0.3) is 0 Å². The molecule has 0 aromatic heterocycles. The number of benzene rings is 2.